The van der Waals surface area contributed by atoms with Gasteiger partial charge in [-0.1, -0.05) is 18.2 Å². The number of hydrogen-bond acceptors (Lipinski definition) is 4. The molecule has 1 aliphatic rings. The first-order chi connectivity index (χ1) is 12.5. The van der Waals surface area contributed by atoms with Crippen molar-refractivity contribution in [3.8, 4) is 11.5 Å². The van der Waals surface area contributed by atoms with Gasteiger partial charge in [-0.2, -0.15) is 0 Å². The first kappa shape index (κ1) is 17.7. The van der Waals surface area contributed by atoms with Gasteiger partial charge in [-0.25, -0.2) is 4.39 Å². The average molecular weight is 358 g/mol. The molecule has 2 amide bonds. The van der Waals surface area contributed by atoms with E-state index in [1.807, 2.05) is 0 Å². The SMILES string of the molecule is CC(=O)N(CCC(=O)Nc1ccc2c(c1)OCO2)Cc1ccccc1F. The topological polar surface area (TPSA) is 67.9 Å². The van der Waals surface area contributed by atoms with Crippen LogP contribution < -0.4 is 14.8 Å². The number of amides is 2. The Morgan fingerprint density at radius 2 is 1.92 bits per heavy atom. The highest BCUT2D eigenvalue weighted by Crippen LogP contribution is 2.34. The molecule has 0 atom stereocenters. The molecule has 0 fully saturated rings. The summed E-state index contributed by atoms with van der Waals surface area (Å²) in [7, 11) is 0. The fraction of sp³-hybridized carbons (Fsp3) is 0.263. The van der Waals surface area contributed by atoms with Gasteiger partial charge < -0.3 is 19.7 Å². The van der Waals surface area contributed by atoms with Crippen LogP contribution in [0.3, 0.4) is 0 Å². The summed E-state index contributed by atoms with van der Waals surface area (Å²) in [4.78, 5) is 25.4. The summed E-state index contributed by atoms with van der Waals surface area (Å²) >= 11 is 0. The third-order valence-electron chi connectivity index (χ3n) is 4.03. The van der Waals surface area contributed by atoms with Gasteiger partial charge in [-0.05, 0) is 18.2 Å². The van der Waals surface area contributed by atoms with Crippen LogP contribution in [0.4, 0.5) is 10.1 Å². The first-order valence-electron chi connectivity index (χ1n) is 8.21. The maximum Gasteiger partial charge on any atom is 0.231 e. The second-order valence-electron chi connectivity index (χ2n) is 5.90. The lowest BCUT2D eigenvalue weighted by Crippen LogP contribution is -2.31. The number of hydrogen-bond donors (Lipinski definition) is 1. The zero-order valence-electron chi connectivity index (χ0n) is 14.3. The van der Waals surface area contributed by atoms with Crippen molar-refractivity contribution in [1.82, 2.24) is 4.90 Å². The molecule has 1 N–H and O–H groups in total. The summed E-state index contributed by atoms with van der Waals surface area (Å²) in [6, 6.07) is 11.4. The zero-order valence-corrected chi connectivity index (χ0v) is 14.3. The molecular formula is C19H19FN2O4. The van der Waals surface area contributed by atoms with E-state index in [-0.39, 0.29) is 43.9 Å². The van der Waals surface area contributed by atoms with Gasteiger partial charge in [0.1, 0.15) is 5.82 Å². The van der Waals surface area contributed by atoms with Crippen LogP contribution in [-0.4, -0.2) is 30.1 Å². The summed E-state index contributed by atoms with van der Waals surface area (Å²) in [5, 5.41) is 2.75. The van der Waals surface area contributed by atoms with Gasteiger partial charge >= 0.3 is 0 Å². The molecule has 2 aromatic rings. The van der Waals surface area contributed by atoms with E-state index in [2.05, 4.69) is 5.32 Å². The minimum absolute atomic E-state index is 0.0997. The Hall–Kier alpha value is -3.09. The lowest BCUT2D eigenvalue weighted by molar-refractivity contribution is -0.130. The van der Waals surface area contributed by atoms with Gasteiger partial charge in [0.05, 0.1) is 0 Å². The van der Waals surface area contributed by atoms with Crippen LogP contribution in [0.2, 0.25) is 0 Å². The molecular weight excluding hydrogens is 339 g/mol. The molecule has 7 heteroatoms. The van der Waals surface area contributed by atoms with Gasteiger partial charge in [-0.15, -0.1) is 0 Å². The molecule has 136 valence electrons. The summed E-state index contributed by atoms with van der Waals surface area (Å²) in [5.41, 5.74) is 1.00. The molecule has 0 radical (unpaired) electrons. The van der Waals surface area contributed by atoms with Crippen LogP contribution in [0.15, 0.2) is 42.5 Å². The number of carbonyl (C=O) groups excluding carboxylic acids is 2. The summed E-state index contributed by atoms with van der Waals surface area (Å²) in [6.45, 7) is 1.88. The van der Waals surface area contributed by atoms with Crippen molar-refractivity contribution in [3.05, 3.63) is 53.8 Å². The van der Waals surface area contributed by atoms with Crippen LogP contribution in [0.1, 0.15) is 18.9 Å². The molecule has 0 bridgehead atoms. The largest absolute Gasteiger partial charge is 0.454 e. The highest BCUT2D eigenvalue weighted by molar-refractivity contribution is 5.91. The fourth-order valence-corrected chi connectivity index (χ4v) is 2.61. The second-order valence-corrected chi connectivity index (χ2v) is 5.90. The lowest BCUT2D eigenvalue weighted by atomic mass is 10.2. The van der Waals surface area contributed by atoms with Gasteiger partial charge in [-0.3, -0.25) is 9.59 Å². The Morgan fingerprint density at radius 3 is 2.69 bits per heavy atom. The molecule has 0 saturated carbocycles. The Labute approximate surface area is 150 Å². The third-order valence-corrected chi connectivity index (χ3v) is 4.03. The average Bonchev–Trinajstić information content (AvgIpc) is 3.07. The van der Waals surface area contributed by atoms with Crippen LogP contribution in [0.25, 0.3) is 0 Å². The van der Waals surface area contributed by atoms with E-state index in [1.165, 1.54) is 17.9 Å². The molecule has 2 aromatic carbocycles. The van der Waals surface area contributed by atoms with Gasteiger partial charge in [0, 0.05) is 43.8 Å². The van der Waals surface area contributed by atoms with Crippen molar-refractivity contribution in [1.29, 1.82) is 0 Å². The molecule has 0 aromatic heterocycles. The van der Waals surface area contributed by atoms with Crippen LogP contribution in [-0.2, 0) is 16.1 Å². The smallest absolute Gasteiger partial charge is 0.231 e. The van der Waals surface area contributed by atoms with Crippen molar-refractivity contribution in [2.24, 2.45) is 0 Å². The molecule has 1 heterocycles. The summed E-state index contributed by atoms with van der Waals surface area (Å²) in [6.07, 6.45) is 0.0997. The van der Waals surface area contributed by atoms with E-state index >= 15 is 0 Å². The Balaban J connectivity index is 1.56. The van der Waals surface area contributed by atoms with Crippen molar-refractivity contribution < 1.29 is 23.5 Å². The number of anilines is 1. The van der Waals surface area contributed by atoms with Gasteiger partial charge in [0.2, 0.25) is 18.6 Å². The number of nitrogens with zero attached hydrogens (tertiary/aromatic N) is 1. The Kier molecular flexibility index (Phi) is 5.36. The molecule has 0 saturated heterocycles. The fourth-order valence-electron chi connectivity index (χ4n) is 2.61. The Bertz CT molecular complexity index is 825. The van der Waals surface area contributed by atoms with E-state index in [4.69, 9.17) is 9.47 Å². The van der Waals surface area contributed by atoms with Crippen LogP contribution in [0, 0.1) is 5.82 Å². The molecule has 1 aliphatic heterocycles. The van der Waals surface area contributed by atoms with Crippen LogP contribution in [0.5, 0.6) is 11.5 Å². The number of benzene rings is 2. The van der Waals surface area contributed by atoms with Crippen LogP contribution >= 0.6 is 0 Å². The molecule has 26 heavy (non-hydrogen) atoms. The van der Waals surface area contributed by atoms with Crippen molar-refractivity contribution in [2.45, 2.75) is 19.9 Å². The number of ether oxygens (including phenoxy) is 2. The molecule has 3 rings (SSSR count). The maximum absolute atomic E-state index is 13.8. The standard InChI is InChI=1S/C19H19FN2O4/c1-13(23)22(11-14-4-2-3-5-16(14)20)9-8-19(24)21-15-6-7-17-18(10-15)26-12-25-17/h2-7,10H,8-9,11-12H2,1H3,(H,21,24). The van der Waals surface area contributed by atoms with Gasteiger partial charge in [0.15, 0.2) is 11.5 Å². The second kappa shape index (κ2) is 7.86. The summed E-state index contributed by atoms with van der Waals surface area (Å²) < 4.78 is 24.3. The Morgan fingerprint density at radius 1 is 1.15 bits per heavy atom. The van der Waals surface area contributed by atoms with Crippen molar-refractivity contribution in [3.63, 3.8) is 0 Å². The summed E-state index contributed by atoms with van der Waals surface area (Å²) in [5.74, 6) is 0.375. The number of halogens is 1. The highest BCUT2D eigenvalue weighted by atomic mass is 19.1. The number of nitrogens with one attached hydrogen (secondary N) is 1. The van der Waals surface area contributed by atoms with E-state index < -0.39 is 0 Å². The maximum atomic E-state index is 13.8. The lowest BCUT2D eigenvalue weighted by Gasteiger charge is -2.21. The zero-order chi connectivity index (χ0) is 18.5. The predicted molar refractivity (Wildman–Crippen MR) is 93.3 cm³/mol. The monoisotopic (exact) mass is 358 g/mol. The van der Waals surface area contributed by atoms with E-state index in [0.29, 0.717) is 22.7 Å². The molecule has 0 unspecified atom stereocenters. The van der Waals surface area contributed by atoms with Crippen molar-refractivity contribution in [2.75, 3.05) is 18.7 Å². The molecule has 6 nitrogen and oxygen atoms in total. The highest BCUT2D eigenvalue weighted by Gasteiger charge is 2.16. The molecule has 0 aliphatic carbocycles. The number of carbonyl (C=O) groups is 2. The van der Waals surface area contributed by atoms with E-state index in [0.717, 1.165) is 0 Å². The number of rotatable bonds is 6. The minimum atomic E-state index is -0.372. The first-order valence-corrected chi connectivity index (χ1v) is 8.21. The molecule has 0 spiro atoms. The van der Waals surface area contributed by atoms with Crippen molar-refractivity contribution >= 4 is 17.5 Å². The number of fused-ring (bicyclic) bond motifs is 1. The normalized spacial score (nSPS) is 11.9. The predicted octanol–water partition coefficient (Wildman–Crippen LogP) is 2.93. The van der Waals surface area contributed by atoms with E-state index in [1.54, 1.807) is 36.4 Å². The quantitative estimate of drug-likeness (QED) is 0.862. The third kappa shape index (κ3) is 4.30. The van der Waals surface area contributed by atoms with E-state index in [9.17, 15) is 14.0 Å². The minimum Gasteiger partial charge on any atom is -0.454 e. The van der Waals surface area contributed by atoms with Gasteiger partial charge in [0.25, 0.3) is 0 Å².